The van der Waals surface area contributed by atoms with E-state index in [-0.39, 0.29) is 19.6 Å². The van der Waals surface area contributed by atoms with Crippen molar-refractivity contribution in [2.75, 3.05) is 13.2 Å². The first-order chi connectivity index (χ1) is 6.60. The molecule has 1 aliphatic rings. The summed E-state index contributed by atoms with van der Waals surface area (Å²) >= 11 is 0. The highest BCUT2D eigenvalue weighted by atomic mass is 16.3. The molecule has 84 valence electrons. The van der Waals surface area contributed by atoms with Crippen LogP contribution in [0.5, 0.6) is 0 Å². The van der Waals surface area contributed by atoms with E-state index in [1.807, 2.05) is 0 Å². The molecule has 0 aromatic rings. The molecule has 6 N–H and O–H groups in total. The first-order valence-electron chi connectivity index (χ1n) is 4.62. The van der Waals surface area contributed by atoms with Crippen molar-refractivity contribution in [2.45, 2.75) is 36.8 Å². The van der Waals surface area contributed by atoms with Gasteiger partial charge in [-0.3, -0.25) is 0 Å². The summed E-state index contributed by atoms with van der Waals surface area (Å²) in [5, 5.41) is 48.2. The van der Waals surface area contributed by atoms with E-state index >= 15 is 0 Å². The number of rotatable bonds is 4. The molecule has 1 fully saturated rings. The lowest BCUT2D eigenvalue weighted by molar-refractivity contribution is 0.00832. The third-order valence-electron chi connectivity index (χ3n) is 2.54. The van der Waals surface area contributed by atoms with E-state index in [9.17, 15) is 10.2 Å². The van der Waals surface area contributed by atoms with Gasteiger partial charge in [0.05, 0.1) is 37.6 Å². The molecule has 0 radical (unpaired) electrons. The van der Waals surface area contributed by atoms with E-state index in [1.165, 1.54) is 0 Å². The summed E-state index contributed by atoms with van der Waals surface area (Å²) in [6.45, 7) is -0.658. The number of aliphatic hydroxyl groups is 5. The zero-order chi connectivity index (χ0) is 10.7. The minimum Gasteiger partial charge on any atom is -0.395 e. The molecule has 1 heterocycles. The van der Waals surface area contributed by atoms with Gasteiger partial charge in [-0.2, -0.15) is 0 Å². The van der Waals surface area contributed by atoms with E-state index < -0.39 is 30.4 Å². The second kappa shape index (κ2) is 5.01. The molecule has 0 unspecified atom stereocenters. The molecule has 1 aliphatic heterocycles. The van der Waals surface area contributed by atoms with Crippen molar-refractivity contribution in [3.8, 4) is 0 Å². The average Bonchev–Trinajstić information content (AvgIpc) is 2.45. The fraction of sp³-hybridized carbons (Fsp3) is 1.00. The van der Waals surface area contributed by atoms with E-state index in [2.05, 4.69) is 5.32 Å². The largest absolute Gasteiger partial charge is 0.395 e. The summed E-state index contributed by atoms with van der Waals surface area (Å²) < 4.78 is 0. The first kappa shape index (κ1) is 11.8. The van der Waals surface area contributed by atoms with Crippen LogP contribution in [0.3, 0.4) is 0 Å². The Hall–Kier alpha value is -0.240. The van der Waals surface area contributed by atoms with Gasteiger partial charge in [0, 0.05) is 6.04 Å². The molecule has 1 saturated heterocycles. The molecule has 6 nitrogen and oxygen atoms in total. The zero-order valence-corrected chi connectivity index (χ0v) is 7.74. The van der Waals surface area contributed by atoms with E-state index in [0.717, 1.165) is 0 Å². The van der Waals surface area contributed by atoms with E-state index in [4.69, 9.17) is 15.3 Å². The molecular formula is C8H17NO5. The highest BCUT2D eigenvalue weighted by molar-refractivity contribution is 4.98. The Labute approximate surface area is 81.8 Å². The summed E-state index contributed by atoms with van der Waals surface area (Å²) in [6.07, 6.45) is -2.83. The third kappa shape index (κ3) is 2.41. The molecule has 5 atom stereocenters. The van der Waals surface area contributed by atoms with Gasteiger partial charge >= 0.3 is 0 Å². The third-order valence-corrected chi connectivity index (χ3v) is 2.54. The Bertz CT molecular complexity index is 177. The van der Waals surface area contributed by atoms with Crippen LogP contribution < -0.4 is 5.32 Å². The molecule has 1 rings (SSSR count). The van der Waals surface area contributed by atoms with Gasteiger partial charge < -0.3 is 30.8 Å². The predicted molar refractivity (Wildman–Crippen MR) is 47.5 cm³/mol. The molecule has 14 heavy (non-hydrogen) atoms. The average molecular weight is 207 g/mol. The fourth-order valence-electron chi connectivity index (χ4n) is 1.68. The topological polar surface area (TPSA) is 113 Å². The lowest BCUT2D eigenvalue weighted by Gasteiger charge is -2.17. The Morgan fingerprint density at radius 3 is 2.07 bits per heavy atom. The molecule has 6 heteroatoms. The number of hydrogen-bond acceptors (Lipinski definition) is 6. The minimum absolute atomic E-state index is 0.144. The van der Waals surface area contributed by atoms with Crippen LogP contribution in [0.2, 0.25) is 0 Å². The lowest BCUT2D eigenvalue weighted by atomic mass is 10.0. The Morgan fingerprint density at radius 2 is 1.64 bits per heavy atom. The second-order valence-electron chi connectivity index (χ2n) is 3.62. The molecule has 0 aromatic carbocycles. The lowest BCUT2D eigenvalue weighted by Crippen LogP contribution is -2.38. The maximum atomic E-state index is 9.49. The molecule has 0 spiro atoms. The van der Waals surface area contributed by atoms with Crippen molar-refractivity contribution in [1.29, 1.82) is 0 Å². The Balaban J connectivity index is 2.48. The summed E-state index contributed by atoms with van der Waals surface area (Å²) in [4.78, 5) is 0. The Kier molecular flexibility index (Phi) is 4.24. The van der Waals surface area contributed by atoms with Crippen LogP contribution in [-0.2, 0) is 0 Å². The standard InChI is InChI=1S/C8H17NO5/c10-2-4(12)1-5-7(13)8(14)6(3-11)9-5/h4-14H,1-3H2/t4-,5-,6-,7-,8-/m1/s1. The highest BCUT2D eigenvalue weighted by Crippen LogP contribution is 2.17. The normalized spacial score (nSPS) is 40.1. The molecule has 0 amide bonds. The van der Waals surface area contributed by atoms with Crippen LogP contribution in [-0.4, -0.2) is 69.1 Å². The van der Waals surface area contributed by atoms with Gasteiger partial charge in [-0.25, -0.2) is 0 Å². The van der Waals surface area contributed by atoms with E-state index in [0.29, 0.717) is 0 Å². The van der Waals surface area contributed by atoms with Crippen molar-refractivity contribution in [3.05, 3.63) is 0 Å². The predicted octanol–water partition coefficient (Wildman–Crippen LogP) is -3.22. The van der Waals surface area contributed by atoms with Gasteiger partial charge in [-0.1, -0.05) is 0 Å². The van der Waals surface area contributed by atoms with Gasteiger partial charge in [-0.05, 0) is 6.42 Å². The Morgan fingerprint density at radius 1 is 1.07 bits per heavy atom. The monoisotopic (exact) mass is 207 g/mol. The summed E-state index contributed by atoms with van der Waals surface area (Å²) in [7, 11) is 0. The zero-order valence-electron chi connectivity index (χ0n) is 7.74. The van der Waals surface area contributed by atoms with E-state index in [1.54, 1.807) is 0 Å². The van der Waals surface area contributed by atoms with Gasteiger partial charge in [0.25, 0.3) is 0 Å². The fourth-order valence-corrected chi connectivity index (χ4v) is 1.68. The van der Waals surface area contributed by atoms with Crippen LogP contribution in [0.4, 0.5) is 0 Å². The summed E-state index contributed by atoms with van der Waals surface area (Å²) in [6, 6.07) is -1.06. The molecule has 0 bridgehead atoms. The number of nitrogens with one attached hydrogen (secondary N) is 1. The van der Waals surface area contributed by atoms with Crippen LogP contribution in [0.1, 0.15) is 6.42 Å². The van der Waals surface area contributed by atoms with Gasteiger partial charge in [0.1, 0.15) is 0 Å². The molecule has 0 saturated carbocycles. The number of aliphatic hydroxyl groups excluding tert-OH is 5. The van der Waals surface area contributed by atoms with Crippen LogP contribution in [0.15, 0.2) is 0 Å². The number of hydrogen-bond donors (Lipinski definition) is 6. The van der Waals surface area contributed by atoms with Gasteiger partial charge in [-0.15, -0.1) is 0 Å². The van der Waals surface area contributed by atoms with Crippen molar-refractivity contribution in [1.82, 2.24) is 5.32 Å². The van der Waals surface area contributed by atoms with Gasteiger partial charge in [0.15, 0.2) is 0 Å². The van der Waals surface area contributed by atoms with Crippen LogP contribution in [0.25, 0.3) is 0 Å². The summed E-state index contributed by atoms with van der Waals surface area (Å²) in [5.74, 6) is 0. The van der Waals surface area contributed by atoms with Crippen molar-refractivity contribution in [3.63, 3.8) is 0 Å². The molecule has 0 aliphatic carbocycles. The molecule has 0 aromatic heterocycles. The first-order valence-corrected chi connectivity index (χ1v) is 4.62. The van der Waals surface area contributed by atoms with Gasteiger partial charge in [0.2, 0.25) is 0 Å². The molecular weight excluding hydrogens is 190 g/mol. The van der Waals surface area contributed by atoms with Crippen LogP contribution >= 0.6 is 0 Å². The van der Waals surface area contributed by atoms with Crippen molar-refractivity contribution < 1.29 is 25.5 Å². The maximum Gasteiger partial charge on any atom is 0.0989 e. The maximum absolute atomic E-state index is 9.49. The van der Waals surface area contributed by atoms with Crippen molar-refractivity contribution >= 4 is 0 Å². The smallest absolute Gasteiger partial charge is 0.0989 e. The second-order valence-corrected chi connectivity index (χ2v) is 3.62. The minimum atomic E-state index is -1.03. The SMILES string of the molecule is OC[C@H](O)C[C@H]1N[C@H](CO)[C@@H](O)[C@@H]1O. The van der Waals surface area contributed by atoms with Crippen molar-refractivity contribution in [2.24, 2.45) is 0 Å². The summed E-state index contributed by atoms with van der Waals surface area (Å²) in [5.41, 5.74) is 0. The quantitative estimate of drug-likeness (QED) is 0.289. The highest BCUT2D eigenvalue weighted by Gasteiger charge is 2.40. The van der Waals surface area contributed by atoms with Crippen LogP contribution in [0, 0.1) is 0 Å².